The van der Waals surface area contributed by atoms with Crippen LogP contribution >= 0.6 is 11.6 Å². The minimum Gasteiger partial charge on any atom is -0.488 e. The van der Waals surface area contributed by atoms with Crippen LogP contribution in [0.4, 0.5) is 0 Å². The lowest BCUT2D eigenvalue weighted by Gasteiger charge is -2.10. The highest BCUT2D eigenvalue weighted by Gasteiger charge is 2.04. The topological polar surface area (TPSA) is 46.5 Å². The highest BCUT2D eigenvalue weighted by Crippen LogP contribution is 2.26. The van der Waals surface area contributed by atoms with Crippen LogP contribution in [-0.4, -0.2) is 11.1 Å². The summed E-state index contributed by atoms with van der Waals surface area (Å²) in [5.41, 5.74) is 3.36. The molecule has 0 radical (unpaired) electrons. The fourth-order valence-electron chi connectivity index (χ4n) is 2.61. The molecule has 4 heteroatoms. The first-order chi connectivity index (χ1) is 13.1. The van der Waals surface area contributed by atoms with Gasteiger partial charge in [0.25, 0.3) is 0 Å². The average Bonchev–Trinajstić information content (AvgIpc) is 2.69. The largest absolute Gasteiger partial charge is 0.488 e. The first-order valence-corrected chi connectivity index (χ1v) is 8.94. The van der Waals surface area contributed by atoms with Gasteiger partial charge in [0, 0.05) is 10.6 Å². The van der Waals surface area contributed by atoms with Crippen LogP contribution in [0.5, 0.6) is 5.75 Å². The summed E-state index contributed by atoms with van der Waals surface area (Å²) in [6.07, 6.45) is 4.71. The third-order valence-electron chi connectivity index (χ3n) is 4.06. The molecule has 3 rings (SSSR count). The Morgan fingerprint density at radius 2 is 1.70 bits per heavy atom. The van der Waals surface area contributed by atoms with Gasteiger partial charge < -0.3 is 9.84 Å². The molecular weight excluding hydrogens is 360 g/mol. The summed E-state index contributed by atoms with van der Waals surface area (Å²) < 4.78 is 5.95. The van der Waals surface area contributed by atoms with Gasteiger partial charge in [-0.3, -0.25) is 0 Å². The van der Waals surface area contributed by atoms with Crippen LogP contribution in [0.1, 0.15) is 27.0 Å². The molecule has 1 N–H and O–H groups in total. The van der Waals surface area contributed by atoms with Gasteiger partial charge in [0.05, 0.1) is 5.56 Å². The zero-order chi connectivity index (χ0) is 19.1. The minimum atomic E-state index is -0.918. The van der Waals surface area contributed by atoms with Gasteiger partial charge in [0.2, 0.25) is 0 Å². The monoisotopic (exact) mass is 378 g/mol. The van der Waals surface area contributed by atoms with Gasteiger partial charge >= 0.3 is 5.97 Å². The summed E-state index contributed by atoms with van der Waals surface area (Å²) in [7, 11) is 0. The molecule has 0 spiro atoms. The molecule has 0 unspecified atom stereocenters. The van der Waals surface area contributed by atoms with Crippen molar-refractivity contribution in [3.8, 4) is 5.75 Å². The number of benzene rings is 3. The Hall–Kier alpha value is -3.04. The van der Waals surface area contributed by atoms with Gasteiger partial charge in [-0.15, -0.1) is 0 Å². The van der Waals surface area contributed by atoms with Crippen molar-refractivity contribution in [3.63, 3.8) is 0 Å². The maximum atomic E-state index is 10.9. The van der Waals surface area contributed by atoms with E-state index in [-0.39, 0.29) is 5.56 Å². The standard InChI is InChI=1S/C23H19ClO3/c24-21-14-13-19(22(15-21)27-16-18-5-2-1-3-6-18)8-4-7-17-9-11-20(12-10-17)23(25)26/h1-6,8-15H,7,16H2,(H,25,26)/b8-4+. The van der Waals surface area contributed by atoms with E-state index >= 15 is 0 Å². The Morgan fingerprint density at radius 3 is 2.41 bits per heavy atom. The van der Waals surface area contributed by atoms with Crippen LogP contribution in [-0.2, 0) is 13.0 Å². The third-order valence-corrected chi connectivity index (χ3v) is 4.30. The van der Waals surface area contributed by atoms with Crippen LogP contribution in [0.3, 0.4) is 0 Å². The van der Waals surface area contributed by atoms with Gasteiger partial charge in [-0.05, 0) is 47.9 Å². The van der Waals surface area contributed by atoms with Crippen molar-refractivity contribution >= 4 is 23.6 Å². The van der Waals surface area contributed by atoms with E-state index in [1.165, 1.54) is 0 Å². The first kappa shape index (κ1) is 18.7. The molecule has 0 fully saturated rings. The van der Waals surface area contributed by atoms with Crippen molar-refractivity contribution in [2.75, 3.05) is 0 Å². The van der Waals surface area contributed by atoms with Gasteiger partial charge in [0.1, 0.15) is 12.4 Å². The highest BCUT2D eigenvalue weighted by atomic mass is 35.5. The zero-order valence-electron chi connectivity index (χ0n) is 14.6. The third kappa shape index (κ3) is 5.47. The Bertz CT molecular complexity index is 932. The number of carboxylic acid groups (broad SMARTS) is 1. The highest BCUT2D eigenvalue weighted by molar-refractivity contribution is 6.30. The quantitative estimate of drug-likeness (QED) is 0.559. The molecule has 0 aliphatic rings. The Labute approximate surface area is 163 Å². The van der Waals surface area contributed by atoms with Crippen molar-refractivity contribution < 1.29 is 14.6 Å². The molecule has 3 nitrogen and oxygen atoms in total. The van der Waals surface area contributed by atoms with Gasteiger partial charge in [-0.2, -0.15) is 0 Å². The summed E-state index contributed by atoms with van der Waals surface area (Å²) in [5.74, 6) is -0.192. The van der Waals surface area contributed by atoms with Crippen molar-refractivity contribution in [3.05, 3.63) is 106 Å². The van der Waals surface area contributed by atoms with E-state index in [0.29, 0.717) is 18.1 Å². The number of allylic oxidation sites excluding steroid dienone is 1. The Kier molecular flexibility index (Phi) is 6.29. The smallest absolute Gasteiger partial charge is 0.335 e. The predicted octanol–water partition coefficient (Wildman–Crippen LogP) is 5.87. The Balaban J connectivity index is 1.68. The lowest BCUT2D eigenvalue weighted by Crippen LogP contribution is -1.97. The molecule has 136 valence electrons. The van der Waals surface area contributed by atoms with Crippen LogP contribution in [0, 0.1) is 0 Å². The predicted molar refractivity (Wildman–Crippen MR) is 108 cm³/mol. The molecule has 0 amide bonds. The number of hydrogen-bond donors (Lipinski definition) is 1. The van der Waals surface area contributed by atoms with Gasteiger partial charge in [0.15, 0.2) is 0 Å². The lowest BCUT2D eigenvalue weighted by molar-refractivity contribution is 0.0697. The summed E-state index contributed by atoms with van der Waals surface area (Å²) in [6, 6.07) is 22.4. The maximum absolute atomic E-state index is 10.9. The zero-order valence-corrected chi connectivity index (χ0v) is 15.4. The second kappa shape index (κ2) is 9.06. The van der Waals surface area contributed by atoms with Crippen molar-refractivity contribution in [2.24, 2.45) is 0 Å². The number of ether oxygens (including phenoxy) is 1. The summed E-state index contributed by atoms with van der Waals surface area (Å²) in [4.78, 5) is 10.9. The number of carboxylic acids is 1. The average molecular weight is 379 g/mol. The normalized spacial score (nSPS) is 10.9. The molecule has 0 aliphatic heterocycles. The molecule has 0 heterocycles. The minimum absolute atomic E-state index is 0.289. The fraction of sp³-hybridized carbons (Fsp3) is 0.0870. The summed E-state index contributed by atoms with van der Waals surface area (Å²) in [5, 5.41) is 9.57. The number of hydrogen-bond acceptors (Lipinski definition) is 2. The second-order valence-corrected chi connectivity index (χ2v) is 6.50. The van der Waals surface area contributed by atoms with Crippen molar-refractivity contribution in [1.82, 2.24) is 0 Å². The van der Waals surface area contributed by atoms with Crippen LogP contribution in [0.25, 0.3) is 6.08 Å². The molecule has 3 aromatic carbocycles. The van der Waals surface area contributed by atoms with E-state index in [1.54, 1.807) is 12.1 Å². The van der Waals surface area contributed by atoms with E-state index in [1.807, 2.05) is 72.8 Å². The van der Waals surface area contributed by atoms with Crippen LogP contribution in [0.2, 0.25) is 5.02 Å². The molecular formula is C23H19ClO3. The number of carbonyl (C=O) groups is 1. The SMILES string of the molecule is O=C(O)c1ccc(C/C=C/c2ccc(Cl)cc2OCc2ccccc2)cc1. The maximum Gasteiger partial charge on any atom is 0.335 e. The van der Waals surface area contributed by atoms with E-state index in [2.05, 4.69) is 0 Å². The van der Waals surface area contributed by atoms with Gasteiger partial charge in [-0.25, -0.2) is 4.79 Å². The van der Waals surface area contributed by atoms with E-state index in [0.717, 1.165) is 22.4 Å². The molecule has 0 bridgehead atoms. The second-order valence-electron chi connectivity index (χ2n) is 6.06. The number of aromatic carboxylic acids is 1. The fourth-order valence-corrected chi connectivity index (χ4v) is 2.77. The molecule has 3 aromatic rings. The van der Waals surface area contributed by atoms with Crippen LogP contribution < -0.4 is 4.74 Å². The number of halogens is 1. The molecule has 0 saturated carbocycles. The molecule has 27 heavy (non-hydrogen) atoms. The lowest BCUT2D eigenvalue weighted by atomic mass is 10.1. The van der Waals surface area contributed by atoms with Gasteiger partial charge in [-0.1, -0.05) is 66.2 Å². The van der Waals surface area contributed by atoms with Crippen molar-refractivity contribution in [2.45, 2.75) is 13.0 Å². The number of rotatable bonds is 7. The molecule has 0 saturated heterocycles. The summed E-state index contributed by atoms with van der Waals surface area (Å²) >= 11 is 6.12. The van der Waals surface area contributed by atoms with E-state index in [4.69, 9.17) is 21.4 Å². The summed E-state index contributed by atoms with van der Waals surface area (Å²) in [6.45, 7) is 0.471. The van der Waals surface area contributed by atoms with E-state index in [9.17, 15) is 4.79 Å². The van der Waals surface area contributed by atoms with E-state index < -0.39 is 5.97 Å². The first-order valence-electron chi connectivity index (χ1n) is 8.57. The molecule has 0 aromatic heterocycles. The molecule has 0 aliphatic carbocycles. The molecule has 0 atom stereocenters. The Morgan fingerprint density at radius 1 is 0.963 bits per heavy atom. The van der Waals surface area contributed by atoms with Crippen LogP contribution in [0.15, 0.2) is 78.9 Å². The van der Waals surface area contributed by atoms with Crippen molar-refractivity contribution in [1.29, 1.82) is 0 Å².